The summed E-state index contributed by atoms with van der Waals surface area (Å²) in [4.78, 5) is 17.4. The van der Waals surface area contributed by atoms with Gasteiger partial charge in [-0.15, -0.1) is 0 Å². The predicted octanol–water partition coefficient (Wildman–Crippen LogP) is 5.52. The summed E-state index contributed by atoms with van der Waals surface area (Å²) < 4.78 is 5.95. The summed E-state index contributed by atoms with van der Waals surface area (Å²) in [5.74, 6) is 0.970. The highest BCUT2D eigenvalue weighted by molar-refractivity contribution is 6.13. The van der Waals surface area contributed by atoms with Crippen LogP contribution in [-0.4, -0.2) is 11.5 Å². The van der Waals surface area contributed by atoms with Crippen molar-refractivity contribution in [1.82, 2.24) is 0 Å². The van der Waals surface area contributed by atoms with Gasteiger partial charge in [-0.2, -0.15) is 0 Å². The molecule has 1 aliphatic heterocycles. The van der Waals surface area contributed by atoms with Crippen molar-refractivity contribution in [1.29, 1.82) is 0 Å². The Morgan fingerprint density at radius 3 is 2.50 bits per heavy atom. The molecule has 0 spiro atoms. The molecule has 0 radical (unpaired) electrons. The number of Topliss-reactive ketones (excluding diaryl/α,β-unsaturated/α-hetero) is 1. The van der Waals surface area contributed by atoms with Gasteiger partial charge in [0, 0.05) is 18.4 Å². The summed E-state index contributed by atoms with van der Waals surface area (Å²) in [6.07, 6.45) is 0.780. The minimum absolute atomic E-state index is 0.191. The van der Waals surface area contributed by atoms with Crippen molar-refractivity contribution in [3.63, 3.8) is 0 Å². The van der Waals surface area contributed by atoms with Crippen LogP contribution in [0.2, 0.25) is 0 Å². The van der Waals surface area contributed by atoms with E-state index in [0.717, 1.165) is 33.8 Å². The van der Waals surface area contributed by atoms with Crippen LogP contribution in [0.4, 0.5) is 5.69 Å². The van der Waals surface area contributed by atoms with Gasteiger partial charge in [-0.05, 0) is 54.3 Å². The number of ether oxygens (including phenoxy) is 1. The lowest BCUT2D eigenvalue weighted by molar-refractivity contribution is -0.117. The fourth-order valence-electron chi connectivity index (χ4n) is 3.43. The fourth-order valence-corrected chi connectivity index (χ4v) is 3.43. The van der Waals surface area contributed by atoms with Crippen molar-refractivity contribution < 1.29 is 9.53 Å². The number of carbonyl (C=O) groups is 1. The van der Waals surface area contributed by atoms with Crippen LogP contribution < -0.4 is 4.74 Å². The summed E-state index contributed by atoms with van der Waals surface area (Å²) >= 11 is 0. The molecule has 0 saturated heterocycles. The standard InChI is InChI=1S/C25H23NO2/c1-17-11-21-13-22(27)15-25(26-24(21)12-18(17)2)20-9-6-10-23(14-20)28-16-19-7-4-3-5-8-19/h3-12,14H,13,15-16H2,1-2H3. The monoisotopic (exact) mass is 369 g/mol. The Balaban J connectivity index is 1.63. The number of benzene rings is 3. The quantitative estimate of drug-likeness (QED) is 0.607. The van der Waals surface area contributed by atoms with Gasteiger partial charge in [-0.1, -0.05) is 48.5 Å². The van der Waals surface area contributed by atoms with E-state index in [2.05, 4.69) is 26.0 Å². The number of nitrogens with zero attached hydrogens (tertiary/aromatic N) is 1. The number of hydrogen-bond acceptors (Lipinski definition) is 3. The lowest BCUT2D eigenvalue weighted by Gasteiger charge is -2.10. The molecule has 0 aromatic heterocycles. The number of aliphatic imine (C=N–C) groups is 1. The van der Waals surface area contributed by atoms with Crippen molar-refractivity contribution >= 4 is 17.2 Å². The van der Waals surface area contributed by atoms with Crippen molar-refractivity contribution in [3.05, 3.63) is 94.5 Å². The largest absolute Gasteiger partial charge is 0.489 e. The third kappa shape index (κ3) is 4.04. The summed E-state index contributed by atoms with van der Waals surface area (Å²) in [6, 6.07) is 22.1. The Labute approximate surface area is 165 Å². The Hall–Kier alpha value is -3.20. The molecule has 0 unspecified atom stereocenters. The van der Waals surface area contributed by atoms with Crippen molar-refractivity contribution in [3.8, 4) is 5.75 Å². The molecule has 0 amide bonds. The molecule has 4 rings (SSSR count). The van der Waals surface area contributed by atoms with Crippen LogP contribution in [0.15, 0.2) is 71.7 Å². The van der Waals surface area contributed by atoms with Crippen LogP contribution >= 0.6 is 0 Å². The highest BCUT2D eigenvalue weighted by atomic mass is 16.5. The molecule has 1 aliphatic rings. The van der Waals surface area contributed by atoms with Gasteiger partial charge >= 0.3 is 0 Å². The number of carbonyl (C=O) groups excluding carboxylic acids is 1. The first-order valence-corrected chi connectivity index (χ1v) is 9.55. The molecule has 140 valence electrons. The topological polar surface area (TPSA) is 38.7 Å². The van der Waals surface area contributed by atoms with Gasteiger partial charge in [-0.3, -0.25) is 9.79 Å². The average Bonchev–Trinajstić information content (AvgIpc) is 2.86. The molecular formula is C25H23NO2. The summed E-state index contributed by atoms with van der Waals surface area (Å²) in [6.45, 7) is 4.66. The zero-order chi connectivity index (χ0) is 19.5. The maximum absolute atomic E-state index is 12.5. The minimum Gasteiger partial charge on any atom is -0.489 e. The molecular weight excluding hydrogens is 346 g/mol. The van der Waals surface area contributed by atoms with E-state index in [-0.39, 0.29) is 5.78 Å². The first-order chi connectivity index (χ1) is 13.6. The van der Waals surface area contributed by atoms with Gasteiger partial charge in [0.25, 0.3) is 0 Å². The second-order valence-corrected chi connectivity index (χ2v) is 7.32. The van der Waals surface area contributed by atoms with Crippen LogP contribution in [0, 0.1) is 13.8 Å². The molecule has 0 saturated carbocycles. The third-order valence-electron chi connectivity index (χ3n) is 5.12. The number of fused-ring (bicyclic) bond motifs is 1. The smallest absolute Gasteiger partial charge is 0.143 e. The zero-order valence-corrected chi connectivity index (χ0v) is 16.2. The van der Waals surface area contributed by atoms with E-state index >= 15 is 0 Å². The Morgan fingerprint density at radius 1 is 0.893 bits per heavy atom. The lowest BCUT2D eigenvalue weighted by atomic mass is 9.99. The maximum Gasteiger partial charge on any atom is 0.143 e. The first-order valence-electron chi connectivity index (χ1n) is 9.55. The summed E-state index contributed by atoms with van der Waals surface area (Å²) in [5.41, 5.74) is 7.16. The summed E-state index contributed by atoms with van der Waals surface area (Å²) in [7, 11) is 0. The van der Waals surface area contributed by atoms with Gasteiger partial charge in [0.15, 0.2) is 0 Å². The third-order valence-corrected chi connectivity index (χ3v) is 5.12. The lowest BCUT2D eigenvalue weighted by Crippen LogP contribution is -2.09. The van der Waals surface area contributed by atoms with Gasteiger partial charge in [-0.25, -0.2) is 0 Å². The molecule has 3 aromatic rings. The second kappa shape index (κ2) is 7.81. The van der Waals surface area contributed by atoms with Gasteiger partial charge in [0.05, 0.1) is 11.4 Å². The first kappa shape index (κ1) is 18.2. The molecule has 0 atom stereocenters. The maximum atomic E-state index is 12.5. The van der Waals surface area contributed by atoms with Crippen molar-refractivity contribution in [2.24, 2.45) is 4.99 Å². The van der Waals surface area contributed by atoms with E-state index in [9.17, 15) is 4.79 Å². The van der Waals surface area contributed by atoms with Crippen LogP contribution in [0.3, 0.4) is 0 Å². The van der Waals surface area contributed by atoms with Gasteiger partial charge < -0.3 is 4.74 Å². The molecule has 3 nitrogen and oxygen atoms in total. The Morgan fingerprint density at radius 2 is 1.68 bits per heavy atom. The van der Waals surface area contributed by atoms with E-state index < -0.39 is 0 Å². The molecule has 3 heteroatoms. The fraction of sp³-hybridized carbons (Fsp3) is 0.200. The molecule has 3 aromatic carbocycles. The van der Waals surface area contributed by atoms with Gasteiger partial charge in [0.1, 0.15) is 18.1 Å². The van der Waals surface area contributed by atoms with Gasteiger partial charge in [0.2, 0.25) is 0 Å². The molecule has 0 N–H and O–H groups in total. The molecule has 1 heterocycles. The van der Waals surface area contributed by atoms with Crippen LogP contribution in [0.25, 0.3) is 0 Å². The molecule has 28 heavy (non-hydrogen) atoms. The number of aryl methyl sites for hydroxylation is 2. The normalized spacial score (nSPS) is 13.5. The Bertz CT molecular complexity index is 1050. The zero-order valence-electron chi connectivity index (χ0n) is 16.2. The Kier molecular flexibility index (Phi) is 5.07. The molecule has 0 fully saturated rings. The van der Waals surface area contributed by atoms with E-state index in [4.69, 9.17) is 9.73 Å². The second-order valence-electron chi connectivity index (χ2n) is 7.32. The van der Waals surface area contributed by atoms with E-state index in [0.29, 0.717) is 19.4 Å². The SMILES string of the molecule is Cc1cc2c(cc1C)N=C(c1cccc(OCc3ccccc3)c1)CC(=O)C2. The highest BCUT2D eigenvalue weighted by Crippen LogP contribution is 2.29. The van der Waals surface area contributed by atoms with Crippen LogP contribution in [0.5, 0.6) is 5.75 Å². The van der Waals surface area contributed by atoms with E-state index in [1.807, 2.05) is 54.6 Å². The van der Waals surface area contributed by atoms with Crippen molar-refractivity contribution in [2.45, 2.75) is 33.3 Å². The predicted molar refractivity (Wildman–Crippen MR) is 113 cm³/mol. The van der Waals surface area contributed by atoms with E-state index in [1.54, 1.807) is 0 Å². The number of hydrogen-bond donors (Lipinski definition) is 0. The highest BCUT2D eigenvalue weighted by Gasteiger charge is 2.19. The molecule has 0 bridgehead atoms. The molecule has 0 aliphatic carbocycles. The minimum atomic E-state index is 0.191. The van der Waals surface area contributed by atoms with E-state index in [1.165, 1.54) is 11.1 Å². The van der Waals surface area contributed by atoms with Crippen LogP contribution in [-0.2, 0) is 17.8 Å². The number of rotatable bonds is 4. The average molecular weight is 369 g/mol. The van der Waals surface area contributed by atoms with Crippen molar-refractivity contribution in [2.75, 3.05) is 0 Å². The summed E-state index contributed by atoms with van der Waals surface area (Å²) in [5, 5.41) is 0. The number of ketones is 1. The van der Waals surface area contributed by atoms with Crippen LogP contribution in [0.1, 0.15) is 34.2 Å².